The first-order chi connectivity index (χ1) is 12.6. The molecule has 2 aromatic carbocycles. The first-order valence-corrected chi connectivity index (χ1v) is 8.80. The van der Waals surface area contributed by atoms with E-state index in [2.05, 4.69) is 20.7 Å². The van der Waals surface area contributed by atoms with Gasteiger partial charge in [-0.15, -0.1) is 10.2 Å². The number of hydrazone groups is 1. The molecule has 0 saturated carbocycles. The average Bonchev–Trinajstić information content (AvgIpc) is 3.03. The SMILES string of the molecule is Cn1c(SCC(=O)N/N=C\c2ccc(O)cc2)nnc1-c1ccccc1. The van der Waals surface area contributed by atoms with Crippen LogP contribution in [0.3, 0.4) is 0 Å². The normalized spacial score (nSPS) is 11.0. The summed E-state index contributed by atoms with van der Waals surface area (Å²) in [5, 5.41) is 22.1. The molecule has 0 atom stereocenters. The summed E-state index contributed by atoms with van der Waals surface area (Å²) in [7, 11) is 1.87. The second-order valence-corrected chi connectivity index (χ2v) is 6.35. The van der Waals surface area contributed by atoms with E-state index in [1.165, 1.54) is 18.0 Å². The van der Waals surface area contributed by atoms with Gasteiger partial charge in [0.05, 0.1) is 12.0 Å². The number of hydrogen-bond donors (Lipinski definition) is 2. The predicted octanol–water partition coefficient (Wildman–Crippen LogP) is 2.43. The van der Waals surface area contributed by atoms with Gasteiger partial charge in [0.1, 0.15) is 5.75 Å². The van der Waals surface area contributed by atoms with Crippen molar-refractivity contribution in [3.8, 4) is 17.1 Å². The van der Waals surface area contributed by atoms with Crippen molar-refractivity contribution in [2.75, 3.05) is 5.75 Å². The summed E-state index contributed by atoms with van der Waals surface area (Å²) in [6, 6.07) is 16.3. The maximum absolute atomic E-state index is 11.9. The number of hydrogen-bond acceptors (Lipinski definition) is 6. The molecule has 0 unspecified atom stereocenters. The Bertz CT molecular complexity index is 907. The lowest BCUT2D eigenvalue weighted by Crippen LogP contribution is -2.19. The van der Waals surface area contributed by atoms with Crippen LogP contribution in [0.2, 0.25) is 0 Å². The van der Waals surface area contributed by atoms with Crippen molar-refractivity contribution in [1.29, 1.82) is 0 Å². The summed E-state index contributed by atoms with van der Waals surface area (Å²) < 4.78 is 1.85. The van der Waals surface area contributed by atoms with E-state index in [0.29, 0.717) is 5.16 Å². The summed E-state index contributed by atoms with van der Waals surface area (Å²) >= 11 is 1.29. The van der Waals surface area contributed by atoms with Crippen molar-refractivity contribution in [3.05, 3.63) is 60.2 Å². The number of aromatic nitrogens is 3. The van der Waals surface area contributed by atoms with Crippen LogP contribution in [0.25, 0.3) is 11.4 Å². The number of rotatable bonds is 6. The van der Waals surface area contributed by atoms with Crippen molar-refractivity contribution in [1.82, 2.24) is 20.2 Å². The second kappa shape index (κ2) is 8.30. The lowest BCUT2D eigenvalue weighted by molar-refractivity contribution is -0.118. The zero-order valence-corrected chi connectivity index (χ0v) is 14.8. The number of thioether (sulfide) groups is 1. The molecule has 2 N–H and O–H groups in total. The number of carbonyl (C=O) groups excluding carboxylic acids is 1. The van der Waals surface area contributed by atoms with E-state index >= 15 is 0 Å². The summed E-state index contributed by atoms with van der Waals surface area (Å²) in [6.45, 7) is 0. The fraction of sp³-hybridized carbons (Fsp3) is 0.111. The standard InChI is InChI=1S/C18H17N5O2S/c1-23-17(14-5-3-2-4-6-14)21-22-18(23)26-12-16(25)20-19-11-13-7-9-15(24)10-8-13/h2-11,24H,12H2,1H3,(H,20,25)/b19-11-. The van der Waals surface area contributed by atoms with Gasteiger partial charge in [-0.05, 0) is 29.8 Å². The maximum Gasteiger partial charge on any atom is 0.250 e. The van der Waals surface area contributed by atoms with Gasteiger partial charge >= 0.3 is 0 Å². The van der Waals surface area contributed by atoms with E-state index in [1.54, 1.807) is 24.3 Å². The van der Waals surface area contributed by atoms with Crippen molar-refractivity contribution in [3.63, 3.8) is 0 Å². The van der Waals surface area contributed by atoms with Crippen LogP contribution >= 0.6 is 11.8 Å². The molecule has 0 aliphatic carbocycles. The summed E-state index contributed by atoms with van der Waals surface area (Å²) in [5.41, 5.74) is 4.21. The Labute approximate surface area is 154 Å². The van der Waals surface area contributed by atoms with Crippen LogP contribution in [0.5, 0.6) is 5.75 Å². The number of amides is 1. The summed E-state index contributed by atoms with van der Waals surface area (Å²) in [6.07, 6.45) is 1.51. The smallest absolute Gasteiger partial charge is 0.250 e. The molecular formula is C18H17N5O2S. The molecule has 1 aromatic heterocycles. The van der Waals surface area contributed by atoms with Crippen molar-refractivity contribution in [2.45, 2.75) is 5.16 Å². The maximum atomic E-state index is 11.9. The molecule has 1 amide bonds. The number of phenols is 1. The number of carbonyl (C=O) groups is 1. The molecule has 8 heteroatoms. The van der Waals surface area contributed by atoms with Gasteiger partial charge in [0.15, 0.2) is 11.0 Å². The molecule has 0 aliphatic heterocycles. The van der Waals surface area contributed by atoms with Gasteiger partial charge in [-0.3, -0.25) is 4.79 Å². The van der Waals surface area contributed by atoms with Gasteiger partial charge in [-0.1, -0.05) is 42.1 Å². The van der Waals surface area contributed by atoms with Crippen molar-refractivity contribution >= 4 is 23.9 Å². The Morgan fingerprint density at radius 3 is 2.65 bits per heavy atom. The molecule has 7 nitrogen and oxygen atoms in total. The topological polar surface area (TPSA) is 92.4 Å². The van der Waals surface area contributed by atoms with Crippen LogP contribution in [0.4, 0.5) is 0 Å². The predicted molar refractivity (Wildman–Crippen MR) is 101 cm³/mol. The number of phenolic OH excluding ortho intramolecular Hbond substituents is 1. The fourth-order valence-electron chi connectivity index (χ4n) is 2.18. The van der Waals surface area contributed by atoms with Gasteiger partial charge < -0.3 is 9.67 Å². The second-order valence-electron chi connectivity index (χ2n) is 5.40. The van der Waals surface area contributed by atoms with Gasteiger partial charge in [-0.2, -0.15) is 5.10 Å². The quantitative estimate of drug-likeness (QED) is 0.397. The molecule has 3 rings (SSSR count). The molecule has 3 aromatic rings. The molecule has 0 saturated heterocycles. The summed E-state index contributed by atoms with van der Waals surface area (Å²) in [4.78, 5) is 11.9. The Kier molecular flexibility index (Phi) is 5.65. The van der Waals surface area contributed by atoms with Crippen LogP contribution in [-0.4, -0.2) is 37.7 Å². The van der Waals surface area contributed by atoms with Gasteiger partial charge in [-0.25, -0.2) is 5.43 Å². The first kappa shape index (κ1) is 17.7. The zero-order chi connectivity index (χ0) is 18.4. The molecule has 0 spiro atoms. The Balaban J connectivity index is 1.53. The van der Waals surface area contributed by atoms with Crippen molar-refractivity contribution in [2.24, 2.45) is 12.1 Å². The molecule has 132 valence electrons. The van der Waals surface area contributed by atoms with Gasteiger partial charge in [0, 0.05) is 12.6 Å². The molecule has 0 fully saturated rings. The highest BCUT2D eigenvalue weighted by Crippen LogP contribution is 2.22. The van der Waals surface area contributed by atoms with Gasteiger partial charge in [0.2, 0.25) is 0 Å². The average molecular weight is 367 g/mol. The van der Waals surface area contributed by atoms with Crippen LogP contribution in [0, 0.1) is 0 Å². The van der Waals surface area contributed by atoms with E-state index < -0.39 is 0 Å². The van der Waals surface area contributed by atoms with E-state index in [0.717, 1.165) is 17.0 Å². The lowest BCUT2D eigenvalue weighted by atomic mass is 10.2. The summed E-state index contributed by atoms with van der Waals surface area (Å²) in [5.74, 6) is 0.863. The van der Waals surface area contributed by atoms with Crippen molar-refractivity contribution < 1.29 is 9.90 Å². The number of nitrogens with one attached hydrogen (secondary N) is 1. The molecule has 0 bridgehead atoms. The highest BCUT2D eigenvalue weighted by atomic mass is 32.2. The van der Waals surface area contributed by atoms with Crippen LogP contribution in [0.15, 0.2) is 64.9 Å². The van der Waals surface area contributed by atoms with Gasteiger partial charge in [0.25, 0.3) is 5.91 Å². The number of nitrogens with zero attached hydrogens (tertiary/aromatic N) is 4. The third kappa shape index (κ3) is 4.48. The van der Waals surface area contributed by atoms with E-state index in [-0.39, 0.29) is 17.4 Å². The molecule has 26 heavy (non-hydrogen) atoms. The Hall–Kier alpha value is -3.13. The minimum atomic E-state index is -0.241. The molecule has 0 radical (unpaired) electrons. The molecule has 0 aliphatic rings. The highest BCUT2D eigenvalue weighted by Gasteiger charge is 2.12. The lowest BCUT2D eigenvalue weighted by Gasteiger charge is -2.03. The van der Waals surface area contributed by atoms with Crippen LogP contribution < -0.4 is 5.43 Å². The Morgan fingerprint density at radius 2 is 1.92 bits per heavy atom. The third-order valence-corrected chi connectivity index (χ3v) is 4.52. The Morgan fingerprint density at radius 1 is 1.19 bits per heavy atom. The largest absolute Gasteiger partial charge is 0.508 e. The third-order valence-electron chi connectivity index (χ3n) is 3.50. The zero-order valence-electron chi connectivity index (χ0n) is 14.0. The molecule has 1 heterocycles. The van der Waals surface area contributed by atoms with Crippen LogP contribution in [-0.2, 0) is 11.8 Å². The number of benzene rings is 2. The minimum absolute atomic E-state index is 0.174. The van der Waals surface area contributed by atoms with E-state index in [9.17, 15) is 9.90 Å². The molecular weight excluding hydrogens is 350 g/mol. The minimum Gasteiger partial charge on any atom is -0.508 e. The highest BCUT2D eigenvalue weighted by molar-refractivity contribution is 7.99. The van der Waals surface area contributed by atoms with Crippen LogP contribution in [0.1, 0.15) is 5.56 Å². The fourth-order valence-corrected chi connectivity index (χ4v) is 2.88. The van der Waals surface area contributed by atoms with E-state index in [1.807, 2.05) is 41.9 Å². The monoisotopic (exact) mass is 367 g/mol. The first-order valence-electron chi connectivity index (χ1n) is 7.82. The number of aromatic hydroxyl groups is 1. The van der Waals surface area contributed by atoms with E-state index in [4.69, 9.17) is 0 Å².